The molecule has 70 valence electrons. The van der Waals surface area contributed by atoms with Gasteiger partial charge in [-0.15, -0.1) is 0 Å². The van der Waals surface area contributed by atoms with Gasteiger partial charge in [0.2, 0.25) is 0 Å². The first-order valence-electron chi connectivity index (χ1n) is 3.50. The van der Waals surface area contributed by atoms with Gasteiger partial charge in [0.1, 0.15) is 11.5 Å². The first-order chi connectivity index (χ1) is 6.11. The smallest absolute Gasteiger partial charge is 0.151 e. The number of hydrogen-bond donors (Lipinski definition) is 3. The lowest BCUT2D eigenvalue weighted by molar-refractivity contribution is 1.28. The van der Waals surface area contributed by atoms with E-state index in [0.717, 1.165) is 5.56 Å². The van der Waals surface area contributed by atoms with Crippen molar-refractivity contribution in [2.24, 2.45) is 4.99 Å². The zero-order valence-electron chi connectivity index (χ0n) is 7.13. The summed E-state index contributed by atoms with van der Waals surface area (Å²) in [6, 6.07) is 0. The lowest BCUT2D eigenvalue weighted by Crippen LogP contribution is -2.02. The molecule has 0 fully saturated rings. The average molecular weight is 291 g/mol. The van der Waals surface area contributed by atoms with Crippen LogP contribution >= 0.6 is 22.9 Å². The summed E-state index contributed by atoms with van der Waals surface area (Å²) >= 11 is 1.97. The molecule has 0 saturated heterocycles. The minimum Gasteiger partial charge on any atom is -0.394 e. The number of aromatic nitrogens is 1. The summed E-state index contributed by atoms with van der Waals surface area (Å²) in [6.45, 7) is 5.28. The highest BCUT2D eigenvalue weighted by atomic mass is 127. The summed E-state index contributed by atoms with van der Waals surface area (Å²) in [7, 11) is 0. The van der Waals surface area contributed by atoms with Crippen molar-refractivity contribution >= 4 is 52.6 Å². The minimum absolute atomic E-state index is 0.271. The highest BCUT2D eigenvalue weighted by Gasteiger charge is 2.11. The van der Waals surface area contributed by atoms with Gasteiger partial charge in [-0.3, -0.25) is 4.99 Å². The second-order valence-corrected chi connectivity index (χ2v) is 3.02. The molecule has 0 aliphatic carbocycles. The Balaban J connectivity index is 3.47. The number of hydrogen-bond acceptors (Lipinski definition) is 5. The summed E-state index contributed by atoms with van der Waals surface area (Å²) in [5, 5.41) is 0. The van der Waals surface area contributed by atoms with Gasteiger partial charge in [0.05, 0.1) is 28.6 Å². The quantitative estimate of drug-likeness (QED) is 0.439. The first kappa shape index (κ1) is 10.0. The van der Waals surface area contributed by atoms with E-state index in [4.69, 9.17) is 11.5 Å². The number of nitrogens with two attached hydrogens (primary N) is 2. The third-order valence-electron chi connectivity index (χ3n) is 1.72. The zero-order valence-corrected chi connectivity index (χ0v) is 9.29. The molecule has 0 aliphatic rings. The van der Waals surface area contributed by atoms with Gasteiger partial charge in [0.25, 0.3) is 0 Å². The molecule has 0 atom stereocenters. The van der Waals surface area contributed by atoms with E-state index in [1.165, 1.54) is 0 Å². The highest BCUT2D eigenvalue weighted by Crippen LogP contribution is 2.34. The average Bonchev–Trinajstić information content (AvgIpc) is 2.12. The molecule has 0 unspecified atom stereocenters. The van der Waals surface area contributed by atoms with E-state index in [-0.39, 0.29) is 5.82 Å². The van der Waals surface area contributed by atoms with Crippen LogP contribution in [0.15, 0.2) is 4.99 Å². The lowest BCUT2D eigenvalue weighted by atomic mass is 10.2. The largest absolute Gasteiger partial charge is 0.394 e. The summed E-state index contributed by atoms with van der Waals surface area (Å²) < 4.78 is 2.87. The normalized spacial score (nSPS) is 9.69. The topological polar surface area (TPSA) is 89.3 Å². The van der Waals surface area contributed by atoms with E-state index in [9.17, 15) is 0 Å². The predicted octanol–water partition coefficient (Wildman–Crippen LogP) is 1.65. The SMILES string of the molecule is C=Nc1c(C)c(NI)nc(N)c1N. The van der Waals surface area contributed by atoms with Crippen LogP contribution in [0.25, 0.3) is 0 Å². The van der Waals surface area contributed by atoms with Crippen LogP contribution in [-0.4, -0.2) is 11.7 Å². The van der Waals surface area contributed by atoms with Crippen molar-refractivity contribution in [3.05, 3.63) is 5.56 Å². The summed E-state index contributed by atoms with van der Waals surface area (Å²) in [5.74, 6) is 0.932. The standard InChI is InChI=1S/C7H10IN5/c1-3-5(11-2)4(9)6(10)12-7(3)13-8/h2,9H2,1H3,(H3,10,12,13). The number of nitrogens with zero attached hydrogens (tertiary/aromatic N) is 2. The predicted molar refractivity (Wildman–Crippen MR) is 64.7 cm³/mol. The number of aliphatic imine (C=N–C) groups is 1. The second-order valence-electron chi connectivity index (χ2n) is 2.49. The van der Waals surface area contributed by atoms with Crippen LogP contribution in [0.4, 0.5) is 23.0 Å². The van der Waals surface area contributed by atoms with Crippen molar-refractivity contribution in [1.29, 1.82) is 0 Å². The Morgan fingerprint density at radius 1 is 1.54 bits per heavy atom. The third kappa shape index (κ3) is 1.67. The Labute approximate surface area is 90.1 Å². The Morgan fingerprint density at radius 2 is 2.15 bits per heavy atom. The van der Waals surface area contributed by atoms with Crippen molar-refractivity contribution in [3.63, 3.8) is 0 Å². The molecule has 1 heterocycles. The van der Waals surface area contributed by atoms with Gasteiger partial charge in [-0.1, -0.05) is 0 Å². The fourth-order valence-corrected chi connectivity index (χ4v) is 1.52. The maximum atomic E-state index is 5.67. The van der Waals surface area contributed by atoms with Crippen LogP contribution in [0.1, 0.15) is 5.56 Å². The van der Waals surface area contributed by atoms with Crippen molar-refractivity contribution < 1.29 is 0 Å². The van der Waals surface area contributed by atoms with E-state index >= 15 is 0 Å². The maximum Gasteiger partial charge on any atom is 0.151 e. The zero-order chi connectivity index (χ0) is 10.0. The van der Waals surface area contributed by atoms with Crippen LogP contribution < -0.4 is 15.0 Å². The molecule has 1 rings (SSSR count). The second kappa shape index (κ2) is 3.77. The molecular formula is C7H10IN5. The fraction of sp³-hybridized carbons (Fsp3) is 0.143. The van der Waals surface area contributed by atoms with Gasteiger partial charge in [-0.05, 0) is 13.6 Å². The number of rotatable bonds is 2. The molecule has 6 heteroatoms. The molecule has 5 nitrogen and oxygen atoms in total. The van der Waals surface area contributed by atoms with E-state index in [0.29, 0.717) is 17.2 Å². The molecule has 5 N–H and O–H groups in total. The van der Waals surface area contributed by atoms with Crippen LogP contribution in [0.3, 0.4) is 0 Å². The van der Waals surface area contributed by atoms with Gasteiger partial charge in [-0.2, -0.15) is 0 Å². The molecule has 0 aromatic carbocycles. The summed E-state index contributed by atoms with van der Waals surface area (Å²) in [6.07, 6.45) is 0. The Bertz CT molecular complexity index is 349. The van der Waals surface area contributed by atoms with Crippen LogP contribution in [0.2, 0.25) is 0 Å². The van der Waals surface area contributed by atoms with Crippen LogP contribution in [0.5, 0.6) is 0 Å². The van der Waals surface area contributed by atoms with Crippen molar-refractivity contribution in [3.8, 4) is 0 Å². The number of nitrogens with one attached hydrogen (secondary N) is 1. The summed E-state index contributed by atoms with van der Waals surface area (Å²) in [4.78, 5) is 7.85. The maximum absolute atomic E-state index is 5.67. The van der Waals surface area contributed by atoms with E-state index < -0.39 is 0 Å². The molecule has 1 aromatic rings. The molecule has 0 saturated carbocycles. The highest BCUT2D eigenvalue weighted by molar-refractivity contribution is 14.1. The van der Waals surface area contributed by atoms with E-state index in [1.54, 1.807) is 0 Å². The Morgan fingerprint density at radius 3 is 2.62 bits per heavy atom. The monoisotopic (exact) mass is 291 g/mol. The Kier molecular flexibility index (Phi) is 2.91. The summed E-state index contributed by atoms with van der Waals surface area (Å²) in [5.41, 5.74) is 13.1. The molecule has 0 bridgehead atoms. The molecular weight excluding hydrogens is 281 g/mol. The molecule has 0 spiro atoms. The lowest BCUT2D eigenvalue weighted by Gasteiger charge is -2.10. The first-order valence-corrected chi connectivity index (χ1v) is 4.58. The van der Waals surface area contributed by atoms with Crippen molar-refractivity contribution in [1.82, 2.24) is 4.98 Å². The third-order valence-corrected chi connectivity index (χ3v) is 2.23. The molecule has 13 heavy (non-hydrogen) atoms. The molecule has 0 aliphatic heterocycles. The van der Waals surface area contributed by atoms with Crippen molar-refractivity contribution in [2.45, 2.75) is 6.92 Å². The molecule has 0 radical (unpaired) electrons. The van der Waals surface area contributed by atoms with Gasteiger partial charge >= 0.3 is 0 Å². The Hall–Kier alpha value is -1.05. The van der Waals surface area contributed by atoms with E-state index in [2.05, 4.69) is 20.2 Å². The van der Waals surface area contributed by atoms with Gasteiger partial charge in [-0.25, -0.2) is 4.98 Å². The number of pyridine rings is 1. The van der Waals surface area contributed by atoms with Crippen LogP contribution in [-0.2, 0) is 0 Å². The number of nitrogen functional groups attached to an aromatic ring is 2. The van der Waals surface area contributed by atoms with Gasteiger partial charge in [0, 0.05) is 5.56 Å². The fourth-order valence-electron chi connectivity index (χ4n) is 0.996. The van der Waals surface area contributed by atoms with E-state index in [1.807, 2.05) is 29.8 Å². The minimum atomic E-state index is 0.271. The van der Waals surface area contributed by atoms with Gasteiger partial charge < -0.3 is 15.0 Å². The molecule has 1 aromatic heterocycles. The van der Waals surface area contributed by atoms with Crippen LogP contribution in [0, 0.1) is 6.92 Å². The number of halogens is 1. The van der Waals surface area contributed by atoms with Gasteiger partial charge in [0.15, 0.2) is 5.82 Å². The number of anilines is 3. The molecule has 0 amide bonds. The van der Waals surface area contributed by atoms with Crippen molar-refractivity contribution in [2.75, 3.05) is 15.0 Å².